The predicted molar refractivity (Wildman–Crippen MR) is 98.9 cm³/mol. The van der Waals surface area contributed by atoms with Crippen LogP contribution >= 0.6 is 0 Å². The molecule has 1 aromatic carbocycles. The smallest absolute Gasteiger partial charge is 0.0608 e. The first-order valence-corrected chi connectivity index (χ1v) is 9.05. The maximum Gasteiger partial charge on any atom is 0.0608 e. The molecule has 1 aliphatic rings. The van der Waals surface area contributed by atoms with Gasteiger partial charge < -0.3 is 10.8 Å². The van der Waals surface area contributed by atoms with Gasteiger partial charge in [-0.1, -0.05) is 69.5 Å². The van der Waals surface area contributed by atoms with Crippen LogP contribution in [0.15, 0.2) is 30.3 Å². The van der Waals surface area contributed by atoms with Crippen molar-refractivity contribution in [2.24, 2.45) is 11.7 Å². The van der Waals surface area contributed by atoms with E-state index >= 15 is 0 Å². The topological polar surface area (TPSA) is 46.2 Å². The van der Waals surface area contributed by atoms with Gasteiger partial charge in [-0.3, -0.25) is 0 Å². The second-order valence-electron chi connectivity index (χ2n) is 7.24. The first-order valence-electron chi connectivity index (χ1n) is 9.05. The van der Waals surface area contributed by atoms with E-state index in [0.717, 1.165) is 12.8 Å². The highest BCUT2D eigenvalue weighted by Crippen LogP contribution is 2.28. The van der Waals surface area contributed by atoms with Crippen molar-refractivity contribution < 1.29 is 5.11 Å². The molecule has 2 rings (SSSR count). The number of rotatable bonds is 7. The number of benzene rings is 1. The summed E-state index contributed by atoms with van der Waals surface area (Å²) < 4.78 is 0. The van der Waals surface area contributed by atoms with Gasteiger partial charge in [0.05, 0.1) is 6.10 Å². The van der Waals surface area contributed by atoms with Crippen molar-refractivity contribution >= 4 is 6.08 Å². The minimum Gasteiger partial charge on any atom is -0.392 e. The Morgan fingerprint density at radius 1 is 1.26 bits per heavy atom. The maximum atomic E-state index is 10.5. The fraction of sp³-hybridized carbons (Fsp3) is 0.571. The highest BCUT2D eigenvalue weighted by atomic mass is 16.3. The van der Waals surface area contributed by atoms with E-state index < -0.39 is 0 Å². The Balaban J connectivity index is 1.90. The lowest BCUT2D eigenvalue weighted by molar-refractivity contribution is 0.0851. The van der Waals surface area contributed by atoms with Crippen LogP contribution in [0, 0.1) is 11.8 Å². The summed E-state index contributed by atoms with van der Waals surface area (Å²) in [7, 11) is 0. The monoisotopic (exact) mass is 314 g/mol. The number of hydrogen-bond donors (Lipinski definition) is 2. The Hall–Kier alpha value is -1.12. The van der Waals surface area contributed by atoms with Crippen LogP contribution in [0.3, 0.4) is 0 Å². The molecular formula is C21H32NO. The van der Waals surface area contributed by atoms with Crippen LogP contribution in [-0.4, -0.2) is 17.3 Å². The van der Waals surface area contributed by atoms with Gasteiger partial charge >= 0.3 is 0 Å². The third-order valence-electron chi connectivity index (χ3n) is 5.03. The van der Waals surface area contributed by atoms with Crippen LogP contribution in [0.1, 0.15) is 63.5 Å². The average molecular weight is 314 g/mol. The molecule has 23 heavy (non-hydrogen) atoms. The summed E-state index contributed by atoms with van der Waals surface area (Å²) in [6.45, 7) is 4.15. The third kappa shape index (κ3) is 6.12. The van der Waals surface area contributed by atoms with E-state index in [0.29, 0.717) is 5.92 Å². The first-order chi connectivity index (χ1) is 11.1. The Morgan fingerprint density at radius 2 is 2.00 bits per heavy atom. The highest BCUT2D eigenvalue weighted by Gasteiger charge is 2.21. The van der Waals surface area contributed by atoms with Crippen LogP contribution in [-0.2, 0) is 6.42 Å². The van der Waals surface area contributed by atoms with E-state index in [1.165, 1.54) is 49.1 Å². The van der Waals surface area contributed by atoms with Crippen molar-refractivity contribution in [1.29, 1.82) is 0 Å². The van der Waals surface area contributed by atoms with Gasteiger partial charge in [-0.25, -0.2) is 0 Å². The summed E-state index contributed by atoms with van der Waals surface area (Å²) in [6.07, 6.45) is 12.0. The first kappa shape index (κ1) is 18.2. The molecule has 2 unspecified atom stereocenters. The molecule has 0 bridgehead atoms. The average Bonchev–Trinajstić information content (AvgIpc) is 2.56. The second-order valence-corrected chi connectivity index (χ2v) is 7.24. The molecule has 0 spiro atoms. The van der Waals surface area contributed by atoms with Gasteiger partial charge in [0.2, 0.25) is 0 Å². The van der Waals surface area contributed by atoms with Crippen LogP contribution in [0.25, 0.3) is 6.08 Å². The van der Waals surface area contributed by atoms with Gasteiger partial charge in [-0.15, -0.1) is 0 Å². The van der Waals surface area contributed by atoms with E-state index in [4.69, 9.17) is 5.73 Å². The largest absolute Gasteiger partial charge is 0.392 e. The molecule has 127 valence electrons. The molecule has 2 nitrogen and oxygen atoms in total. The number of aliphatic hydroxyl groups excluding tert-OH is 1. The normalized spacial score (nSPS) is 19.3. The summed E-state index contributed by atoms with van der Waals surface area (Å²) in [5.41, 5.74) is 8.46. The summed E-state index contributed by atoms with van der Waals surface area (Å²) >= 11 is 0. The Morgan fingerprint density at radius 3 is 2.70 bits per heavy atom. The van der Waals surface area contributed by atoms with Crippen LogP contribution in [0.4, 0.5) is 0 Å². The number of nitrogens with two attached hydrogens (primary N) is 1. The third-order valence-corrected chi connectivity index (χ3v) is 5.03. The van der Waals surface area contributed by atoms with Gasteiger partial charge in [0.1, 0.15) is 0 Å². The van der Waals surface area contributed by atoms with Crippen molar-refractivity contribution in [3.8, 4) is 0 Å². The predicted octanol–water partition coefficient (Wildman–Crippen LogP) is 4.52. The molecule has 0 aliphatic heterocycles. The van der Waals surface area contributed by atoms with E-state index in [1.54, 1.807) is 0 Å². The van der Waals surface area contributed by atoms with Gasteiger partial charge in [-0.2, -0.15) is 0 Å². The second kappa shape index (κ2) is 9.24. The lowest BCUT2D eigenvalue weighted by atomic mass is 9.83. The molecule has 2 atom stereocenters. The minimum atomic E-state index is -0.194. The molecule has 1 aliphatic carbocycles. The van der Waals surface area contributed by atoms with Crippen molar-refractivity contribution in [3.05, 3.63) is 47.4 Å². The molecule has 0 saturated heterocycles. The summed E-state index contributed by atoms with van der Waals surface area (Å²) in [6, 6.07) is 8.65. The maximum absolute atomic E-state index is 10.5. The molecule has 3 N–H and O–H groups in total. The molecule has 2 heteroatoms. The van der Waals surface area contributed by atoms with Gasteiger partial charge in [0.25, 0.3) is 0 Å². The van der Waals surface area contributed by atoms with Crippen molar-refractivity contribution in [1.82, 2.24) is 0 Å². The van der Waals surface area contributed by atoms with Crippen molar-refractivity contribution in [3.63, 3.8) is 0 Å². The van der Waals surface area contributed by atoms with E-state index in [9.17, 15) is 5.11 Å². The van der Waals surface area contributed by atoms with Crippen LogP contribution in [0.2, 0.25) is 0 Å². The molecule has 0 aromatic heterocycles. The Bertz CT molecular complexity index is 488. The van der Waals surface area contributed by atoms with Gasteiger partial charge in [0.15, 0.2) is 0 Å². The van der Waals surface area contributed by atoms with E-state index in [2.05, 4.69) is 50.3 Å². The minimum absolute atomic E-state index is 0.141. The highest BCUT2D eigenvalue weighted by molar-refractivity contribution is 5.50. The molecular weight excluding hydrogens is 282 g/mol. The standard InChI is InChI=1S/C21H32NO/c1-16(2)20(22)13-7-9-17-8-6-10-18(14-17)15-21(23)19-11-4-3-5-12-19/h6-10,14,19-21,23H,3-5,11-13,15,22H2,1-2H3/b9-7+. The summed E-state index contributed by atoms with van der Waals surface area (Å²) in [5.74, 6) is 1.75. The molecule has 1 saturated carbocycles. The Labute approximate surface area is 141 Å². The quantitative estimate of drug-likeness (QED) is 0.777. The van der Waals surface area contributed by atoms with Gasteiger partial charge in [0, 0.05) is 6.04 Å². The van der Waals surface area contributed by atoms with E-state index in [1.807, 2.05) is 0 Å². The zero-order valence-corrected chi connectivity index (χ0v) is 14.7. The summed E-state index contributed by atoms with van der Waals surface area (Å²) in [5, 5.41) is 10.5. The zero-order chi connectivity index (χ0) is 16.7. The molecule has 0 amide bonds. The molecule has 1 fully saturated rings. The SMILES string of the molecule is C[C](C)C(N)C/C=C/c1cccc(CC(O)C2CCCCC2)c1. The molecule has 1 aromatic rings. The Kier molecular flexibility index (Phi) is 7.32. The number of aliphatic hydroxyl groups is 1. The van der Waals surface area contributed by atoms with E-state index in [-0.39, 0.29) is 12.1 Å². The molecule has 0 heterocycles. The zero-order valence-electron chi connectivity index (χ0n) is 14.7. The van der Waals surface area contributed by atoms with Crippen molar-refractivity contribution in [2.45, 2.75) is 70.9 Å². The summed E-state index contributed by atoms with van der Waals surface area (Å²) in [4.78, 5) is 0. The lowest BCUT2D eigenvalue weighted by Gasteiger charge is -2.26. The van der Waals surface area contributed by atoms with Crippen molar-refractivity contribution in [2.75, 3.05) is 0 Å². The number of hydrogen-bond acceptors (Lipinski definition) is 2. The lowest BCUT2D eigenvalue weighted by Crippen LogP contribution is -2.24. The van der Waals surface area contributed by atoms with Crippen LogP contribution < -0.4 is 5.73 Å². The van der Waals surface area contributed by atoms with Crippen LogP contribution in [0.5, 0.6) is 0 Å². The molecule has 1 radical (unpaired) electrons. The fourth-order valence-electron chi connectivity index (χ4n) is 3.34. The van der Waals surface area contributed by atoms with Gasteiger partial charge in [-0.05, 0) is 48.6 Å². The fourth-order valence-corrected chi connectivity index (χ4v) is 3.34.